The second-order valence-electron chi connectivity index (χ2n) is 10.7. The number of carbonyl (C=O) groups is 1. The standard InChI is InChI=1S/C31H38N6O2/c1-2-30(37-17-15-36(16-18-37)28-11-19-39-20-12-28)26-7-8-29(33-22-26)31(38)34-27-9-13-35(14-10-27)23-25-5-3-24(21-32)4-6-25/h3-8,22,27-28H,1,9-20,23H2,(H,34,38). The molecule has 0 radical (unpaired) electrons. The molecule has 5 rings (SSSR count). The highest BCUT2D eigenvalue weighted by Gasteiger charge is 2.27. The summed E-state index contributed by atoms with van der Waals surface area (Å²) in [5.41, 5.74) is 7.34. The normalized spacial score (nSPS) is 19.7. The Labute approximate surface area is 231 Å². The summed E-state index contributed by atoms with van der Waals surface area (Å²) < 4.78 is 5.52. The van der Waals surface area contributed by atoms with Crippen LogP contribution in [0.1, 0.15) is 52.9 Å². The number of likely N-dealkylation sites (tertiary alicyclic amines) is 1. The van der Waals surface area contributed by atoms with Crippen LogP contribution in [0.5, 0.6) is 0 Å². The number of nitriles is 1. The van der Waals surface area contributed by atoms with Crippen LogP contribution >= 0.6 is 0 Å². The van der Waals surface area contributed by atoms with Gasteiger partial charge in [0.25, 0.3) is 5.91 Å². The van der Waals surface area contributed by atoms with Gasteiger partial charge in [0, 0.05) is 82.9 Å². The minimum absolute atomic E-state index is 0.124. The summed E-state index contributed by atoms with van der Waals surface area (Å²) in [4.78, 5) is 24.7. The number of hydrogen-bond donors (Lipinski definition) is 1. The minimum Gasteiger partial charge on any atom is -0.381 e. The molecule has 0 unspecified atom stereocenters. The molecule has 0 atom stereocenters. The molecule has 204 valence electrons. The van der Waals surface area contributed by atoms with Crippen molar-refractivity contribution in [1.82, 2.24) is 25.0 Å². The molecule has 0 aliphatic carbocycles. The van der Waals surface area contributed by atoms with Crippen molar-refractivity contribution < 1.29 is 9.53 Å². The van der Waals surface area contributed by atoms with Crippen LogP contribution in [0, 0.1) is 11.3 Å². The van der Waals surface area contributed by atoms with Crippen molar-refractivity contribution in [3.05, 3.63) is 77.3 Å². The van der Waals surface area contributed by atoms with Gasteiger partial charge in [-0.05, 0) is 55.5 Å². The molecule has 2 aromatic rings. The first-order valence-corrected chi connectivity index (χ1v) is 14.1. The molecule has 1 amide bonds. The molecular formula is C31H38N6O2. The van der Waals surface area contributed by atoms with Gasteiger partial charge >= 0.3 is 0 Å². The van der Waals surface area contributed by atoms with E-state index < -0.39 is 0 Å². The quantitative estimate of drug-likeness (QED) is 0.555. The Bertz CT molecular complexity index is 1190. The van der Waals surface area contributed by atoms with E-state index in [1.54, 1.807) is 12.3 Å². The minimum atomic E-state index is -0.124. The molecule has 1 aromatic carbocycles. The largest absolute Gasteiger partial charge is 0.381 e. The number of hydrogen-bond acceptors (Lipinski definition) is 7. The average Bonchev–Trinajstić information content (AvgIpc) is 3.00. The zero-order chi connectivity index (χ0) is 27.0. The lowest BCUT2D eigenvalue weighted by Gasteiger charge is -2.41. The molecule has 4 heterocycles. The molecule has 0 bridgehead atoms. The Morgan fingerprint density at radius 2 is 1.72 bits per heavy atom. The Morgan fingerprint density at radius 1 is 1.00 bits per heavy atom. The first-order chi connectivity index (χ1) is 19.1. The number of aromatic nitrogens is 1. The van der Waals surface area contributed by atoms with Crippen molar-refractivity contribution in [2.75, 3.05) is 52.5 Å². The van der Waals surface area contributed by atoms with E-state index in [9.17, 15) is 4.79 Å². The van der Waals surface area contributed by atoms with Crippen LogP contribution < -0.4 is 5.32 Å². The van der Waals surface area contributed by atoms with Crippen LogP contribution in [0.3, 0.4) is 0 Å². The molecular weight excluding hydrogens is 488 g/mol. The molecule has 8 nitrogen and oxygen atoms in total. The maximum Gasteiger partial charge on any atom is 0.270 e. The number of pyridine rings is 1. The number of benzene rings is 1. The van der Waals surface area contributed by atoms with E-state index in [1.165, 1.54) is 5.56 Å². The summed E-state index contributed by atoms with van der Waals surface area (Å²) in [5.74, 6) is -0.124. The fraction of sp³-hybridized carbons (Fsp3) is 0.484. The van der Waals surface area contributed by atoms with Gasteiger partial charge in [-0.3, -0.25) is 19.6 Å². The Hall–Kier alpha value is -3.47. The van der Waals surface area contributed by atoms with Gasteiger partial charge in [-0.2, -0.15) is 5.26 Å². The van der Waals surface area contributed by atoms with Crippen molar-refractivity contribution in [2.45, 2.75) is 44.3 Å². The highest BCUT2D eigenvalue weighted by Crippen LogP contribution is 2.23. The van der Waals surface area contributed by atoms with Gasteiger partial charge in [0.1, 0.15) is 5.69 Å². The van der Waals surface area contributed by atoms with Gasteiger partial charge in [0.05, 0.1) is 17.3 Å². The summed E-state index contributed by atoms with van der Waals surface area (Å²) >= 11 is 0. The Kier molecular flexibility index (Phi) is 9.08. The summed E-state index contributed by atoms with van der Waals surface area (Å²) in [6, 6.07) is 14.5. The summed E-state index contributed by atoms with van der Waals surface area (Å²) in [5, 5.41) is 12.1. The number of amides is 1. The van der Waals surface area contributed by atoms with E-state index in [2.05, 4.69) is 43.4 Å². The lowest BCUT2D eigenvalue weighted by Crippen LogP contribution is -2.50. The van der Waals surface area contributed by atoms with Crippen LogP contribution in [-0.2, 0) is 11.3 Å². The number of nitrogens with one attached hydrogen (secondary N) is 1. The van der Waals surface area contributed by atoms with Crippen molar-refractivity contribution in [2.24, 2.45) is 0 Å². The van der Waals surface area contributed by atoms with E-state index in [1.807, 2.05) is 30.3 Å². The van der Waals surface area contributed by atoms with Crippen molar-refractivity contribution in [3.63, 3.8) is 0 Å². The Morgan fingerprint density at radius 3 is 2.33 bits per heavy atom. The third kappa shape index (κ3) is 6.95. The Balaban J connectivity index is 1.08. The number of piperazine rings is 1. The van der Waals surface area contributed by atoms with Gasteiger partial charge in [-0.1, -0.05) is 18.7 Å². The van der Waals surface area contributed by atoms with Crippen molar-refractivity contribution >= 4 is 11.6 Å². The van der Waals surface area contributed by atoms with Gasteiger partial charge in [0.15, 0.2) is 0 Å². The first kappa shape index (κ1) is 27.1. The van der Waals surface area contributed by atoms with Crippen LogP contribution in [0.2, 0.25) is 0 Å². The van der Waals surface area contributed by atoms with Crippen LogP contribution in [0.4, 0.5) is 0 Å². The molecule has 3 aliphatic heterocycles. The molecule has 1 N–H and O–H groups in total. The lowest BCUT2D eigenvalue weighted by molar-refractivity contribution is 0.0208. The maximum atomic E-state index is 12.9. The summed E-state index contributed by atoms with van der Waals surface area (Å²) in [6.07, 6.45) is 5.82. The molecule has 1 aromatic heterocycles. The van der Waals surface area contributed by atoms with Gasteiger partial charge in [-0.15, -0.1) is 5.73 Å². The third-order valence-corrected chi connectivity index (χ3v) is 8.19. The molecule has 3 saturated heterocycles. The second kappa shape index (κ2) is 13.1. The van der Waals surface area contributed by atoms with Crippen molar-refractivity contribution in [1.29, 1.82) is 5.26 Å². The topological polar surface area (TPSA) is 84.7 Å². The zero-order valence-corrected chi connectivity index (χ0v) is 22.6. The van der Waals surface area contributed by atoms with Crippen LogP contribution in [0.15, 0.2) is 54.9 Å². The highest BCUT2D eigenvalue weighted by atomic mass is 16.5. The highest BCUT2D eigenvalue weighted by molar-refractivity contribution is 5.92. The summed E-state index contributed by atoms with van der Waals surface area (Å²) in [7, 11) is 0. The maximum absolute atomic E-state index is 12.9. The average molecular weight is 527 g/mol. The molecule has 0 spiro atoms. The van der Waals surface area contributed by atoms with E-state index in [0.717, 1.165) is 96.0 Å². The van der Waals surface area contributed by atoms with Gasteiger partial charge in [0.2, 0.25) is 0 Å². The first-order valence-electron chi connectivity index (χ1n) is 14.1. The van der Waals surface area contributed by atoms with Crippen LogP contribution in [0.25, 0.3) is 5.70 Å². The van der Waals surface area contributed by atoms with Gasteiger partial charge in [-0.25, -0.2) is 0 Å². The molecule has 0 saturated carbocycles. The molecule has 3 fully saturated rings. The summed E-state index contributed by atoms with van der Waals surface area (Å²) in [6.45, 7) is 12.3. The lowest BCUT2D eigenvalue weighted by atomic mass is 10.0. The van der Waals surface area contributed by atoms with Crippen molar-refractivity contribution in [3.8, 4) is 6.07 Å². The fourth-order valence-electron chi connectivity index (χ4n) is 5.86. The molecule has 8 heteroatoms. The predicted octanol–water partition coefficient (Wildman–Crippen LogP) is 3.27. The number of ether oxygens (including phenoxy) is 1. The number of carbonyl (C=O) groups excluding carboxylic acids is 1. The number of piperidine rings is 1. The van der Waals surface area contributed by atoms with E-state index in [-0.39, 0.29) is 11.9 Å². The number of nitrogens with zero attached hydrogens (tertiary/aromatic N) is 5. The SMILES string of the molecule is C=C=C(c1ccc(C(=O)NC2CCN(Cc3ccc(C#N)cc3)CC2)nc1)N1CCN(C2CCOCC2)CC1. The monoisotopic (exact) mass is 526 g/mol. The number of rotatable bonds is 7. The smallest absolute Gasteiger partial charge is 0.270 e. The van der Waals surface area contributed by atoms with E-state index in [0.29, 0.717) is 17.3 Å². The zero-order valence-electron chi connectivity index (χ0n) is 22.6. The predicted molar refractivity (Wildman–Crippen MR) is 151 cm³/mol. The van der Waals surface area contributed by atoms with Crippen LogP contribution in [-0.4, -0.2) is 90.2 Å². The molecule has 3 aliphatic rings. The fourth-order valence-corrected chi connectivity index (χ4v) is 5.86. The second-order valence-corrected chi connectivity index (χ2v) is 10.7. The third-order valence-electron chi connectivity index (χ3n) is 8.19. The van der Waals surface area contributed by atoms with E-state index in [4.69, 9.17) is 10.00 Å². The van der Waals surface area contributed by atoms with E-state index >= 15 is 0 Å². The molecule has 39 heavy (non-hydrogen) atoms. The van der Waals surface area contributed by atoms with Gasteiger partial charge < -0.3 is 15.0 Å².